The van der Waals surface area contributed by atoms with Crippen LogP contribution in [0, 0.1) is 6.92 Å². The Kier molecular flexibility index (Phi) is 2.92. The topological polar surface area (TPSA) is 17.8 Å². The van der Waals surface area contributed by atoms with Gasteiger partial charge in [-0.2, -0.15) is 0 Å². The molecule has 0 bridgehead atoms. The predicted octanol–water partition coefficient (Wildman–Crippen LogP) is 4.02. The molecule has 0 saturated carbocycles. The average Bonchev–Trinajstić information content (AvgIpc) is 2.96. The summed E-state index contributed by atoms with van der Waals surface area (Å²) in [6.07, 6.45) is 1.12. The normalized spacial score (nSPS) is 11.2. The molecule has 92 valence electrons. The van der Waals surface area contributed by atoms with Crippen molar-refractivity contribution in [1.82, 2.24) is 9.55 Å². The molecule has 0 spiro atoms. The molecule has 18 heavy (non-hydrogen) atoms. The largest absolute Gasteiger partial charge is 0.323 e. The molecule has 3 heteroatoms. The zero-order chi connectivity index (χ0) is 12.5. The third kappa shape index (κ3) is 1.95. The van der Waals surface area contributed by atoms with Crippen LogP contribution in [-0.2, 0) is 13.0 Å². The number of hydrogen-bond donors (Lipinski definition) is 0. The zero-order valence-electron chi connectivity index (χ0n) is 10.7. The van der Waals surface area contributed by atoms with E-state index < -0.39 is 0 Å². The Morgan fingerprint density at radius 1 is 1.11 bits per heavy atom. The van der Waals surface area contributed by atoms with Gasteiger partial charge in [-0.1, -0.05) is 19.1 Å². The minimum absolute atomic E-state index is 0.928. The van der Waals surface area contributed by atoms with E-state index in [1.807, 2.05) is 17.4 Å². The Morgan fingerprint density at radius 2 is 1.89 bits per heavy atom. The van der Waals surface area contributed by atoms with Crippen molar-refractivity contribution >= 4 is 22.4 Å². The number of imidazole rings is 1. The van der Waals surface area contributed by atoms with Gasteiger partial charge in [-0.3, -0.25) is 0 Å². The summed E-state index contributed by atoms with van der Waals surface area (Å²) in [5.74, 6) is 1.09. The van der Waals surface area contributed by atoms with E-state index in [2.05, 4.69) is 53.7 Å². The van der Waals surface area contributed by atoms with Crippen LogP contribution in [0.2, 0.25) is 0 Å². The first kappa shape index (κ1) is 11.5. The molecule has 2 heterocycles. The Hall–Kier alpha value is -1.61. The number of hydrogen-bond acceptors (Lipinski definition) is 2. The highest BCUT2D eigenvalue weighted by molar-refractivity contribution is 7.11. The molecular weight excluding hydrogens is 240 g/mol. The number of aryl methyl sites for hydroxylation is 2. The van der Waals surface area contributed by atoms with Crippen molar-refractivity contribution in [3.8, 4) is 0 Å². The fourth-order valence-electron chi connectivity index (χ4n) is 2.25. The highest BCUT2D eigenvalue weighted by Crippen LogP contribution is 2.22. The van der Waals surface area contributed by atoms with Crippen molar-refractivity contribution in [3.05, 3.63) is 52.0 Å². The predicted molar refractivity (Wildman–Crippen MR) is 77.3 cm³/mol. The molecule has 0 aliphatic carbocycles. The molecule has 0 saturated heterocycles. The van der Waals surface area contributed by atoms with Gasteiger partial charge in [-0.05, 0) is 37.6 Å². The van der Waals surface area contributed by atoms with Crippen molar-refractivity contribution < 1.29 is 0 Å². The van der Waals surface area contributed by atoms with E-state index >= 15 is 0 Å². The van der Waals surface area contributed by atoms with Crippen molar-refractivity contribution in [2.45, 2.75) is 26.8 Å². The minimum Gasteiger partial charge on any atom is -0.323 e. The van der Waals surface area contributed by atoms with Crippen LogP contribution < -0.4 is 0 Å². The van der Waals surface area contributed by atoms with E-state index in [-0.39, 0.29) is 0 Å². The zero-order valence-corrected chi connectivity index (χ0v) is 11.5. The van der Waals surface area contributed by atoms with Gasteiger partial charge in [0.1, 0.15) is 5.82 Å². The van der Waals surface area contributed by atoms with E-state index in [9.17, 15) is 0 Å². The second-order valence-electron chi connectivity index (χ2n) is 4.46. The number of fused-ring (bicyclic) bond motifs is 1. The molecule has 3 rings (SSSR count). The lowest BCUT2D eigenvalue weighted by Gasteiger charge is -2.04. The smallest absolute Gasteiger partial charge is 0.107 e. The summed E-state index contributed by atoms with van der Waals surface area (Å²) in [4.78, 5) is 7.46. The van der Waals surface area contributed by atoms with Crippen molar-refractivity contribution in [1.29, 1.82) is 0 Å². The summed E-state index contributed by atoms with van der Waals surface area (Å²) in [5, 5.41) is 0. The summed E-state index contributed by atoms with van der Waals surface area (Å²) >= 11 is 1.90. The van der Waals surface area contributed by atoms with E-state index in [4.69, 9.17) is 0 Å². The molecule has 2 aromatic heterocycles. The Bertz CT molecular complexity index is 679. The Morgan fingerprint density at radius 3 is 2.67 bits per heavy atom. The molecule has 0 amide bonds. The van der Waals surface area contributed by atoms with Gasteiger partial charge in [-0.25, -0.2) is 4.98 Å². The molecule has 0 fully saturated rings. The van der Waals surface area contributed by atoms with E-state index in [1.54, 1.807) is 0 Å². The van der Waals surface area contributed by atoms with E-state index in [1.165, 1.54) is 15.3 Å². The van der Waals surface area contributed by atoms with Crippen LogP contribution in [0.1, 0.15) is 22.5 Å². The van der Waals surface area contributed by atoms with Crippen molar-refractivity contribution in [3.63, 3.8) is 0 Å². The molecule has 0 N–H and O–H groups in total. The summed E-state index contributed by atoms with van der Waals surface area (Å²) in [7, 11) is 0. The second kappa shape index (κ2) is 4.58. The number of benzene rings is 1. The fourth-order valence-corrected chi connectivity index (χ4v) is 3.20. The Balaban J connectivity index is 2.01. The Labute approximate surface area is 111 Å². The first-order valence-electron chi connectivity index (χ1n) is 6.27. The summed E-state index contributed by atoms with van der Waals surface area (Å²) in [6, 6.07) is 12.8. The number of rotatable bonds is 3. The number of thiophene rings is 1. The van der Waals surface area contributed by atoms with Gasteiger partial charge in [0.25, 0.3) is 0 Å². The molecule has 0 radical (unpaired) electrons. The highest BCUT2D eigenvalue weighted by Gasteiger charge is 2.08. The van der Waals surface area contributed by atoms with Gasteiger partial charge in [-0.15, -0.1) is 11.3 Å². The molecule has 0 atom stereocenters. The monoisotopic (exact) mass is 256 g/mol. The number of nitrogens with zero attached hydrogens (tertiary/aromatic N) is 2. The quantitative estimate of drug-likeness (QED) is 0.692. The maximum absolute atomic E-state index is 4.60. The minimum atomic E-state index is 0.928. The van der Waals surface area contributed by atoms with Crippen molar-refractivity contribution in [2.75, 3.05) is 0 Å². The summed E-state index contributed by atoms with van der Waals surface area (Å²) < 4.78 is 2.29. The molecule has 2 nitrogen and oxygen atoms in total. The van der Waals surface area contributed by atoms with E-state index in [0.717, 1.165) is 24.3 Å². The average molecular weight is 256 g/mol. The van der Waals surface area contributed by atoms with Gasteiger partial charge >= 0.3 is 0 Å². The molecular formula is C15H16N2S. The van der Waals surface area contributed by atoms with Crippen LogP contribution >= 0.6 is 11.3 Å². The van der Waals surface area contributed by atoms with Gasteiger partial charge in [0.15, 0.2) is 0 Å². The molecule has 0 unspecified atom stereocenters. The van der Waals surface area contributed by atoms with Gasteiger partial charge in [0, 0.05) is 9.75 Å². The van der Waals surface area contributed by atoms with Crippen LogP contribution in [0.3, 0.4) is 0 Å². The maximum atomic E-state index is 4.60. The van der Waals surface area contributed by atoms with Crippen molar-refractivity contribution in [2.24, 2.45) is 0 Å². The lowest BCUT2D eigenvalue weighted by molar-refractivity contribution is 0.797. The lowest BCUT2D eigenvalue weighted by atomic mass is 10.3. The first-order valence-corrected chi connectivity index (χ1v) is 7.09. The number of aromatic nitrogens is 2. The van der Waals surface area contributed by atoms with Gasteiger partial charge in [0.05, 0.1) is 17.6 Å². The van der Waals surface area contributed by atoms with Gasteiger partial charge < -0.3 is 4.57 Å². The summed E-state index contributed by atoms with van der Waals surface area (Å²) in [5.41, 5.74) is 2.31. The van der Waals surface area contributed by atoms with Gasteiger partial charge in [0.2, 0.25) is 0 Å². The highest BCUT2D eigenvalue weighted by atomic mass is 32.1. The van der Waals surface area contributed by atoms with Crippen LogP contribution in [-0.4, -0.2) is 9.55 Å². The third-order valence-electron chi connectivity index (χ3n) is 3.23. The number of para-hydroxylation sites is 2. The third-order valence-corrected chi connectivity index (χ3v) is 4.44. The van der Waals surface area contributed by atoms with Crippen LogP contribution in [0.4, 0.5) is 0 Å². The molecule has 1 aromatic carbocycles. The second-order valence-corrected chi connectivity index (χ2v) is 5.71. The molecule has 0 aliphatic rings. The maximum Gasteiger partial charge on any atom is 0.107 e. The van der Waals surface area contributed by atoms with Crippen LogP contribution in [0.15, 0.2) is 36.4 Å². The SMILES string of the molecule is CCc1ccc(Cn2c(C)nc3ccccc32)s1. The first-order chi connectivity index (χ1) is 8.78. The standard InChI is InChI=1S/C15H16N2S/c1-3-12-8-9-13(18-12)10-17-11(2)16-14-6-4-5-7-15(14)17/h4-9H,3,10H2,1-2H3. The molecule has 0 aliphatic heterocycles. The summed E-state index contributed by atoms with van der Waals surface area (Å²) in [6.45, 7) is 5.21. The van der Waals surface area contributed by atoms with Crippen LogP contribution in [0.5, 0.6) is 0 Å². The molecule has 3 aromatic rings. The van der Waals surface area contributed by atoms with E-state index in [0.29, 0.717) is 0 Å². The van der Waals surface area contributed by atoms with Crippen LogP contribution in [0.25, 0.3) is 11.0 Å². The fraction of sp³-hybridized carbons (Fsp3) is 0.267. The lowest BCUT2D eigenvalue weighted by Crippen LogP contribution is -1.99.